The summed E-state index contributed by atoms with van der Waals surface area (Å²) >= 11 is 0. The van der Waals surface area contributed by atoms with Gasteiger partial charge in [0.25, 0.3) is 0 Å². The van der Waals surface area contributed by atoms with Crippen LogP contribution in [0.2, 0.25) is 0 Å². The molecular weight excluding hydrogens is 252 g/mol. The number of nitrogens with zero attached hydrogens (tertiary/aromatic N) is 2. The van der Waals surface area contributed by atoms with Gasteiger partial charge in [-0.15, -0.1) is 0 Å². The molecule has 0 aromatic carbocycles. The van der Waals surface area contributed by atoms with E-state index < -0.39 is 10.0 Å². The third-order valence-corrected chi connectivity index (χ3v) is 5.75. The standard InChI is InChI=1S/C12H24N2O3S/c1-10(2)4-5-14-8-11-12(9-14)17-6-7-18(15,16)13(11)3/h10-12H,4-9H2,1-3H3/t11-,12+/m1/s1. The van der Waals surface area contributed by atoms with Crippen molar-refractivity contribution < 1.29 is 13.2 Å². The first-order chi connectivity index (χ1) is 8.40. The maximum absolute atomic E-state index is 11.9. The summed E-state index contributed by atoms with van der Waals surface area (Å²) in [7, 11) is -1.44. The zero-order chi connectivity index (χ0) is 13.3. The quantitative estimate of drug-likeness (QED) is 0.747. The van der Waals surface area contributed by atoms with Gasteiger partial charge in [-0.1, -0.05) is 13.8 Å². The van der Waals surface area contributed by atoms with E-state index >= 15 is 0 Å². The smallest absolute Gasteiger partial charge is 0.216 e. The summed E-state index contributed by atoms with van der Waals surface area (Å²) in [5.74, 6) is 0.792. The summed E-state index contributed by atoms with van der Waals surface area (Å²) in [5, 5.41) is 0. The van der Waals surface area contributed by atoms with E-state index in [0.29, 0.717) is 12.5 Å². The lowest BCUT2D eigenvalue weighted by Gasteiger charge is -2.24. The van der Waals surface area contributed by atoms with Crippen LogP contribution >= 0.6 is 0 Å². The molecule has 106 valence electrons. The molecular formula is C12H24N2O3S. The van der Waals surface area contributed by atoms with Crippen molar-refractivity contribution in [1.29, 1.82) is 0 Å². The van der Waals surface area contributed by atoms with Gasteiger partial charge in [0, 0.05) is 20.1 Å². The van der Waals surface area contributed by atoms with Crippen LogP contribution in [0.3, 0.4) is 0 Å². The van der Waals surface area contributed by atoms with E-state index in [1.165, 1.54) is 4.31 Å². The van der Waals surface area contributed by atoms with Gasteiger partial charge in [-0.05, 0) is 18.9 Å². The molecule has 0 aromatic heterocycles. The second-order valence-corrected chi connectivity index (χ2v) is 7.90. The molecule has 2 atom stereocenters. The van der Waals surface area contributed by atoms with Crippen LogP contribution in [0.1, 0.15) is 20.3 Å². The molecule has 0 amide bonds. The number of likely N-dealkylation sites (N-methyl/N-ethyl adjacent to an activating group) is 1. The second-order valence-electron chi connectivity index (χ2n) is 5.75. The Morgan fingerprint density at radius 1 is 1.33 bits per heavy atom. The molecule has 6 heteroatoms. The fourth-order valence-electron chi connectivity index (χ4n) is 2.62. The zero-order valence-corrected chi connectivity index (χ0v) is 12.3. The minimum Gasteiger partial charge on any atom is -0.374 e. The third kappa shape index (κ3) is 3.04. The lowest BCUT2D eigenvalue weighted by atomic mass is 10.1. The average molecular weight is 276 g/mol. The van der Waals surface area contributed by atoms with Crippen molar-refractivity contribution in [3.8, 4) is 0 Å². The van der Waals surface area contributed by atoms with Crippen molar-refractivity contribution in [3.05, 3.63) is 0 Å². The van der Waals surface area contributed by atoms with Gasteiger partial charge in [0.1, 0.15) is 0 Å². The van der Waals surface area contributed by atoms with Crippen molar-refractivity contribution in [2.75, 3.05) is 39.0 Å². The lowest BCUT2D eigenvalue weighted by molar-refractivity contribution is 0.0501. The molecule has 0 bridgehead atoms. The van der Waals surface area contributed by atoms with E-state index in [0.717, 1.165) is 26.1 Å². The Hall–Kier alpha value is -0.170. The molecule has 2 rings (SSSR count). The van der Waals surface area contributed by atoms with E-state index in [4.69, 9.17) is 4.74 Å². The Balaban J connectivity index is 2.00. The second kappa shape index (κ2) is 5.45. The van der Waals surface area contributed by atoms with Crippen LogP contribution in [-0.2, 0) is 14.8 Å². The van der Waals surface area contributed by atoms with Crippen molar-refractivity contribution >= 4 is 10.0 Å². The molecule has 0 radical (unpaired) electrons. The summed E-state index contributed by atoms with van der Waals surface area (Å²) in [6, 6.07) is -0.00957. The number of hydrogen-bond acceptors (Lipinski definition) is 4. The highest BCUT2D eigenvalue weighted by atomic mass is 32.2. The molecule has 18 heavy (non-hydrogen) atoms. The number of sulfonamides is 1. The van der Waals surface area contributed by atoms with Crippen molar-refractivity contribution in [2.24, 2.45) is 5.92 Å². The van der Waals surface area contributed by atoms with Crippen LogP contribution in [0.15, 0.2) is 0 Å². The predicted octanol–water partition coefficient (Wildman–Crippen LogP) is 0.377. The molecule has 0 aliphatic carbocycles. The number of likely N-dealkylation sites (tertiary alicyclic amines) is 1. The van der Waals surface area contributed by atoms with Crippen LogP contribution < -0.4 is 0 Å². The fourth-order valence-corrected chi connectivity index (χ4v) is 3.83. The number of hydrogen-bond donors (Lipinski definition) is 0. The van der Waals surface area contributed by atoms with Gasteiger partial charge in [0.05, 0.1) is 24.5 Å². The van der Waals surface area contributed by atoms with Gasteiger partial charge < -0.3 is 4.74 Å². The normalized spacial score (nSPS) is 33.6. The molecule has 0 aromatic rings. The van der Waals surface area contributed by atoms with Gasteiger partial charge in [-0.25, -0.2) is 8.42 Å². The Kier molecular flexibility index (Phi) is 4.31. The molecule has 2 heterocycles. The van der Waals surface area contributed by atoms with Crippen molar-refractivity contribution in [3.63, 3.8) is 0 Å². The van der Waals surface area contributed by atoms with E-state index in [2.05, 4.69) is 18.7 Å². The van der Waals surface area contributed by atoms with Gasteiger partial charge >= 0.3 is 0 Å². The summed E-state index contributed by atoms with van der Waals surface area (Å²) in [6.07, 6.45) is 1.19. The molecule has 2 fully saturated rings. The summed E-state index contributed by atoms with van der Waals surface area (Å²) in [6.45, 7) is 7.43. The fraction of sp³-hybridized carbons (Fsp3) is 1.00. The molecule has 5 nitrogen and oxygen atoms in total. The van der Waals surface area contributed by atoms with Crippen LogP contribution in [-0.4, -0.2) is 68.8 Å². The molecule has 2 saturated heterocycles. The Morgan fingerprint density at radius 3 is 2.72 bits per heavy atom. The minimum absolute atomic E-state index is 0.00957. The SMILES string of the molecule is CC(C)CCN1C[C@@H]2OCCS(=O)(=O)N(C)[C@@H]2C1. The Bertz CT molecular complexity index is 383. The number of rotatable bonds is 3. The first-order valence-corrected chi connectivity index (χ1v) is 8.30. The van der Waals surface area contributed by atoms with E-state index in [1.807, 2.05) is 0 Å². The van der Waals surface area contributed by atoms with E-state index in [-0.39, 0.29) is 17.9 Å². The highest BCUT2D eigenvalue weighted by Gasteiger charge is 2.42. The van der Waals surface area contributed by atoms with E-state index in [1.54, 1.807) is 7.05 Å². The maximum atomic E-state index is 11.9. The van der Waals surface area contributed by atoms with Gasteiger partial charge in [0.15, 0.2) is 0 Å². The van der Waals surface area contributed by atoms with Crippen LogP contribution in [0.25, 0.3) is 0 Å². The Morgan fingerprint density at radius 2 is 2.06 bits per heavy atom. The van der Waals surface area contributed by atoms with Crippen LogP contribution in [0.4, 0.5) is 0 Å². The highest BCUT2D eigenvalue weighted by molar-refractivity contribution is 7.89. The number of fused-ring (bicyclic) bond motifs is 1. The molecule has 0 unspecified atom stereocenters. The largest absolute Gasteiger partial charge is 0.374 e. The Labute approximate surface area is 110 Å². The average Bonchev–Trinajstić information content (AvgIpc) is 2.64. The van der Waals surface area contributed by atoms with Gasteiger partial charge in [-0.2, -0.15) is 4.31 Å². The lowest BCUT2D eigenvalue weighted by Crippen LogP contribution is -2.43. The predicted molar refractivity (Wildman–Crippen MR) is 71.0 cm³/mol. The highest BCUT2D eigenvalue weighted by Crippen LogP contribution is 2.24. The summed E-state index contributed by atoms with van der Waals surface area (Å²) in [4.78, 5) is 2.33. The van der Waals surface area contributed by atoms with Crippen LogP contribution in [0, 0.1) is 5.92 Å². The van der Waals surface area contributed by atoms with Gasteiger partial charge in [-0.3, -0.25) is 4.90 Å². The molecule has 0 spiro atoms. The first-order valence-electron chi connectivity index (χ1n) is 6.70. The zero-order valence-electron chi connectivity index (χ0n) is 11.5. The van der Waals surface area contributed by atoms with Crippen molar-refractivity contribution in [2.45, 2.75) is 32.4 Å². The molecule has 0 N–H and O–H groups in total. The summed E-state index contributed by atoms with van der Waals surface area (Å²) in [5.41, 5.74) is 0. The van der Waals surface area contributed by atoms with Crippen molar-refractivity contribution in [1.82, 2.24) is 9.21 Å². The molecule has 2 aliphatic rings. The minimum atomic E-state index is -3.13. The van der Waals surface area contributed by atoms with Crippen LogP contribution in [0.5, 0.6) is 0 Å². The number of ether oxygens (including phenoxy) is 1. The van der Waals surface area contributed by atoms with Gasteiger partial charge in [0.2, 0.25) is 10.0 Å². The van der Waals surface area contributed by atoms with E-state index in [9.17, 15) is 8.42 Å². The topological polar surface area (TPSA) is 49.9 Å². The first kappa shape index (κ1) is 14.2. The molecule has 2 aliphatic heterocycles. The third-order valence-electron chi connectivity index (χ3n) is 3.91. The summed E-state index contributed by atoms with van der Waals surface area (Å²) < 4.78 is 31.1. The molecule has 0 saturated carbocycles. The monoisotopic (exact) mass is 276 g/mol. The maximum Gasteiger partial charge on any atom is 0.216 e.